The Labute approximate surface area is 164 Å². The fourth-order valence-corrected chi connectivity index (χ4v) is 4.36. The lowest BCUT2D eigenvalue weighted by atomic mass is 9.70. The lowest BCUT2D eigenvalue weighted by Gasteiger charge is -2.44. The predicted octanol–water partition coefficient (Wildman–Crippen LogP) is 1.07. The van der Waals surface area contributed by atoms with Crippen LogP contribution >= 0.6 is 7.82 Å². The van der Waals surface area contributed by atoms with Crippen LogP contribution in [0.2, 0.25) is 0 Å². The third-order valence-corrected chi connectivity index (χ3v) is 6.00. The fourth-order valence-electron chi connectivity index (χ4n) is 3.56. The summed E-state index contributed by atoms with van der Waals surface area (Å²) in [4.78, 5) is 32.6. The monoisotopic (exact) mass is 421 g/mol. The van der Waals surface area contributed by atoms with Gasteiger partial charge >= 0.3 is 7.82 Å². The number of nitrogen functional groups attached to an aromatic ring is 1. The molecule has 0 bridgehead atoms. The van der Waals surface area contributed by atoms with Gasteiger partial charge in [-0.2, -0.15) is 4.98 Å². The SMILES string of the molecule is Nc1nc2c(ncn2[C@@H]2C[C@H](CO)[C@@H]2COP(=O)(O)Oc2ccccc2)c(=O)[nH]1. The Kier molecular flexibility index (Phi) is 5.13. The molecular formula is C17H20N5O6P. The maximum Gasteiger partial charge on any atom is 0.527 e. The van der Waals surface area contributed by atoms with E-state index in [1.165, 1.54) is 6.33 Å². The van der Waals surface area contributed by atoms with Gasteiger partial charge in [-0.1, -0.05) is 18.2 Å². The molecule has 2 heterocycles. The first-order valence-electron chi connectivity index (χ1n) is 8.93. The molecule has 4 atom stereocenters. The molecule has 1 unspecified atom stereocenters. The summed E-state index contributed by atoms with van der Waals surface area (Å²) in [6.45, 7) is -0.239. The molecule has 12 heteroatoms. The summed E-state index contributed by atoms with van der Waals surface area (Å²) in [5.41, 5.74) is 5.64. The summed E-state index contributed by atoms with van der Waals surface area (Å²) in [7, 11) is -4.35. The molecule has 0 radical (unpaired) electrons. The van der Waals surface area contributed by atoms with Crippen LogP contribution in [0.1, 0.15) is 12.5 Å². The van der Waals surface area contributed by atoms with E-state index in [9.17, 15) is 19.4 Å². The van der Waals surface area contributed by atoms with Crippen LogP contribution in [0.5, 0.6) is 5.75 Å². The Morgan fingerprint density at radius 1 is 1.34 bits per heavy atom. The number of hydrogen-bond acceptors (Lipinski definition) is 8. The quantitative estimate of drug-likeness (QED) is 0.408. The van der Waals surface area contributed by atoms with Gasteiger partial charge in [0, 0.05) is 18.6 Å². The Balaban J connectivity index is 1.52. The van der Waals surface area contributed by atoms with E-state index in [1.54, 1.807) is 34.9 Å². The highest BCUT2D eigenvalue weighted by molar-refractivity contribution is 7.47. The van der Waals surface area contributed by atoms with Gasteiger partial charge in [-0.25, -0.2) is 9.55 Å². The topological polar surface area (TPSA) is 166 Å². The van der Waals surface area contributed by atoms with Gasteiger partial charge in [-0.15, -0.1) is 0 Å². The lowest BCUT2D eigenvalue weighted by Crippen LogP contribution is -2.43. The van der Waals surface area contributed by atoms with Crippen molar-refractivity contribution in [2.75, 3.05) is 18.9 Å². The fraction of sp³-hybridized carbons (Fsp3) is 0.353. The number of aromatic nitrogens is 4. The molecule has 1 aromatic carbocycles. The van der Waals surface area contributed by atoms with Gasteiger partial charge in [-0.05, 0) is 24.5 Å². The maximum atomic E-state index is 12.3. The first kappa shape index (κ1) is 19.6. The Morgan fingerprint density at radius 2 is 2.10 bits per heavy atom. The molecular weight excluding hydrogens is 401 g/mol. The maximum absolute atomic E-state index is 12.3. The average molecular weight is 421 g/mol. The Morgan fingerprint density at radius 3 is 2.83 bits per heavy atom. The van der Waals surface area contributed by atoms with Gasteiger partial charge < -0.3 is 19.9 Å². The molecule has 1 fully saturated rings. The lowest BCUT2D eigenvalue weighted by molar-refractivity contribution is -0.00476. The first-order valence-corrected chi connectivity index (χ1v) is 10.4. The number of nitrogens with two attached hydrogens (primary N) is 1. The number of phosphoric ester groups is 1. The van der Waals surface area contributed by atoms with E-state index in [0.717, 1.165) is 0 Å². The van der Waals surface area contributed by atoms with Gasteiger partial charge in [0.25, 0.3) is 5.56 Å². The van der Waals surface area contributed by atoms with Crippen molar-refractivity contribution in [2.45, 2.75) is 12.5 Å². The summed E-state index contributed by atoms with van der Waals surface area (Å²) >= 11 is 0. The van der Waals surface area contributed by atoms with Crippen molar-refractivity contribution in [3.05, 3.63) is 47.0 Å². The van der Waals surface area contributed by atoms with Crippen molar-refractivity contribution in [2.24, 2.45) is 11.8 Å². The largest absolute Gasteiger partial charge is 0.527 e. The normalized spacial score (nSPS) is 23.4. The molecule has 2 aromatic heterocycles. The van der Waals surface area contributed by atoms with Crippen LogP contribution in [0.4, 0.5) is 5.95 Å². The van der Waals surface area contributed by atoms with E-state index in [-0.39, 0.29) is 48.3 Å². The highest BCUT2D eigenvalue weighted by Gasteiger charge is 2.44. The molecule has 3 aromatic rings. The number of nitrogens with one attached hydrogen (secondary N) is 1. The van der Waals surface area contributed by atoms with Gasteiger partial charge in [0.15, 0.2) is 11.2 Å². The van der Waals surface area contributed by atoms with E-state index >= 15 is 0 Å². The highest BCUT2D eigenvalue weighted by atomic mass is 31.2. The van der Waals surface area contributed by atoms with Crippen LogP contribution in [0.3, 0.4) is 0 Å². The first-order chi connectivity index (χ1) is 13.9. The van der Waals surface area contributed by atoms with Gasteiger partial charge in [0.1, 0.15) is 5.75 Å². The number of aromatic amines is 1. The number of phosphoric acid groups is 1. The minimum Gasteiger partial charge on any atom is -0.404 e. The molecule has 0 amide bonds. The number of fused-ring (bicyclic) bond motifs is 1. The number of benzene rings is 1. The standard InChI is InChI=1S/C17H20N5O6P/c18-17-20-15-14(16(24)21-17)19-9-22(15)13-6-10(7-23)12(13)8-27-29(25,26)28-11-4-2-1-3-5-11/h1-5,9-10,12-13,23H,6-8H2,(H,25,26)(H3,18,20,21,24)/t10-,12+,13-/m1/s1. The van der Waals surface area contributed by atoms with E-state index in [1.807, 2.05) is 0 Å². The second-order valence-corrected chi connectivity index (χ2v) is 8.23. The predicted molar refractivity (Wildman–Crippen MR) is 103 cm³/mol. The summed E-state index contributed by atoms with van der Waals surface area (Å²) in [6, 6.07) is 7.94. The molecule has 4 rings (SSSR count). The molecule has 1 aliphatic carbocycles. The van der Waals surface area contributed by atoms with Crippen LogP contribution in [0.25, 0.3) is 11.2 Å². The smallest absolute Gasteiger partial charge is 0.404 e. The van der Waals surface area contributed by atoms with Crippen LogP contribution in [-0.4, -0.2) is 42.7 Å². The molecule has 29 heavy (non-hydrogen) atoms. The zero-order valence-electron chi connectivity index (χ0n) is 15.2. The molecule has 154 valence electrons. The van der Waals surface area contributed by atoms with Crippen molar-refractivity contribution >= 4 is 24.9 Å². The van der Waals surface area contributed by atoms with Crippen molar-refractivity contribution in [3.8, 4) is 5.75 Å². The third kappa shape index (κ3) is 3.90. The number of rotatable bonds is 7. The minimum atomic E-state index is -4.35. The molecule has 0 aliphatic heterocycles. The number of imidazole rings is 1. The van der Waals surface area contributed by atoms with E-state index in [2.05, 4.69) is 15.0 Å². The second kappa shape index (κ2) is 7.60. The van der Waals surface area contributed by atoms with Crippen LogP contribution in [-0.2, 0) is 9.09 Å². The van der Waals surface area contributed by atoms with Gasteiger partial charge in [0.2, 0.25) is 5.95 Å². The van der Waals surface area contributed by atoms with Crippen molar-refractivity contribution < 1.29 is 23.6 Å². The summed E-state index contributed by atoms with van der Waals surface area (Å²) < 4.78 is 24.2. The number of nitrogens with zero attached hydrogens (tertiary/aromatic N) is 3. The van der Waals surface area contributed by atoms with Crippen LogP contribution in [0.15, 0.2) is 41.5 Å². The Bertz CT molecular complexity index is 1120. The summed E-state index contributed by atoms with van der Waals surface area (Å²) in [5.74, 6) is -0.277. The van der Waals surface area contributed by atoms with E-state index < -0.39 is 13.4 Å². The summed E-state index contributed by atoms with van der Waals surface area (Å²) in [6.07, 6.45) is 2.04. The number of hydrogen-bond donors (Lipinski definition) is 4. The number of H-pyrrole nitrogens is 1. The number of aliphatic hydroxyl groups is 1. The Hall–Kier alpha value is -2.72. The van der Waals surface area contributed by atoms with Crippen LogP contribution < -0.4 is 15.8 Å². The second-order valence-electron chi connectivity index (χ2n) is 6.85. The minimum absolute atomic E-state index is 0.0359. The molecule has 0 spiro atoms. The molecule has 1 saturated carbocycles. The summed E-state index contributed by atoms with van der Waals surface area (Å²) in [5, 5.41) is 9.60. The van der Waals surface area contributed by atoms with Gasteiger partial charge in [-0.3, -0.25) is 19.2 Å². The number of aliphatic hydroxyl groups excluding tert-OH is 1. The third-order valence-electron chi connectivity index (χ3n) is 5.08. The van der Waals surface area contributed by atoms with Crippen molar-refractivity contribution in [1.29, 1.82) is 0 Å². The zero-order chi connectivity index (χ0) is 20.6. The molecule has 5 N–H and O–H groups in total. The zero-order valence-corrected chi connectivity index (χ0v) is 16.1. The van der Waals surface area contributed by atoms with Crippen molar-refractivity contribution in [3.63, 3.8) is 0 Å². The highest BCUT2D eigenvalue weighted by Crippen LogP contribution is 2.49. The van der Waals surface area contributed by atoms with E-state index in [4.69, 9.17) is 14.8 Å². The van der Waals surface area contributed by atoms with E-state index in [0.29, 0.717) is 12.1 Å². The average Bonchev–Trinajstić information content (AvgIpc) is 3.05. The molecule has 1 aliphatic rings. The molecule has 11 nitrogen and oxygen atoms in total. The van der Waals surface area contributed by atoms with Gasteiger partial charge in [0.05, 0.1) is 12.9 Å². The number of para-hydroxylation sites is 1. The molecule has 0 saturated heterocycles. The van der Waals surface area contributed by atoms with Crippen LogP contribution in [0, 0.1) is 11.8 Å². The number of anilines is 1. The van der Waals surface area contributed by atoms with Crippen molar-refractivity contribution in [1.82, 2.24) is 19.5 Å².